The molecule has 0 bridgehead atoms. The van der Waals surface area contributed by atoms with E-state index < -0.39 is 7.82 Å². The van der Waals surface area contributed by atoms with Gasteiger partial charge in [0.25, 0.3) is 0 Å². The van der Waals surface area contributed by atoms with Crippen molar-refractivity contribution < 1.29 is 112 Å². The standard InChI is InChI=1S/C27H48O7.2Na.H3O4P/c1-2-3-4-5-6-7-8-11-26-12-9-10-13-27(26)34-25-24-33-23-22-32-21-20-31-19-18-30-17-16-29-15-14-28;;;1-5(2,3)4/h9-10,12-13,28H,2-8,11,14-25H2,1H3;;;(H3,1,2,3,4)/q;2*+1;/p-2. The maximum atomic E-state index is 8.66. The van der Waals surface area contributed by atoms with Crippen LogP contribution in [0.2, 0.25) is 0 Å². The van der Waals surface area contributed by atoms with E-state index >= 15 is 0 Å². The van der Waals surface area contributed by atoms with Crippen molar-refractivity contribution in [2.75, 3.05) is 79.3 Å². The van der Waals surface area contributed by atoms with Crippen LogP contribution in [0.5, 0.6) is 5.75 Å². The molecule has 2 N–H and O–H groups in total. The fraction of sp³-hybridized carbons (Fsp3) is 0.778. The first-order chi connectivity index (χ1) is 18.9. The molecule has 230 valence electrons. The van der Waals surface area contributed by atoms with E-state index in [-0.39, 0.29) is 65.7 Å². The fourth-order valence-electron chi connectivity index (χ4n) is 3.38. The van der Waals surface area contributed by atoms with Crippen LogP contribution in [-0.2, 0) is 34.7 Å². The number of hydrogen-bond donors (Lipinski definition) is 2. The van der Waals surface area contributed by atoms with Crippen LogP contribution in [0.25, 0.3) is 0 Å². The molecule has 0 radical (unpaired) electrons. The molecule has 0 aromatic heterocycles. The Morgan fingerprint density at radius 3 is 1.51 bits per heavy atom. The van der Waals surface area contributed by atoms with Gasteiger partial charge < -0.3 is 52.8 Å². The van der Waals surface area contributed by atoms with Gasteiger partial charge in [0.1, 0.15) is 12.4 Å². The second kappa shape index (κ2) is 35.4. The van der Waals surface area contributed by atoms with E-state index in [0.29, 0.717) is 72.7 Å². The second-order valence-electron chi connectivity index (χ2n) is 8.58. The van der Waals surface area contributed by atoms with E-state index in [1.165, 1.54) is 50.5 Å². The first-order valence-corrected chi connectivity index (χ1v) is 15.3. The van der Waals surface area contributed by atoms with Crippen molar-refractivity contribution in [3.8, 4) is 5.75 Å². The van der Waals surface area contributed by atoms with E-state index in [1.807, 2.05) is 6.07 Å². The Hall–Kier alpha value is 0.890. The summed E-state index contributed by atoms with van der Waals surface area (Å²) in [6, 6.07) is 8.34. The van der Waals surface area contributed by atoms with Crippen LogP contribution in [0.4, 0.5) is 0 Å². The first kappa shape index (κ1) is 46.3. The minimum atomic E-state index is -5.14. The molecule has 0 amide bonds. The molecule has 0 saturated carbocycles. The van der Waals surface area contributed by atoms with Crippen LogP contribution in [0.3, 0.4) is 0 Å². The molecule has 0 aliphatic rings. The largest absolute Gasteiger partial charge is 1.00 e. The van der Waals surface area contributed by atoms with Crippen molar-refractivity contribution in [3.63, 3.8) is 0 Å². The Balaban J connectivity index is -0.00000189. The predicted molar refractivity (Wildman–Crippen MR) is 145 cm³/mol. The topological polar surface area (TPSA) is 159 Å². The average molecular weight is 627 g/mol. The van der Waals surface area contributed by atoms with Gasteiger partial charge in [-0.3, -0.25) is 0 Å². The van der Waals surface area contributed by atoms with Crippen LogP contribution in [-0.4, -0.2) is 89.3 Å². The molecule has 0 saturated heterocycles. The molecule has 1 rings (SSSR count). The van der Waals surface area contributed by atoms with Crippen molar-refractivity contribution in [2.45, 2.75) is 58.3 Å². The minimum Gasteiger partial charge on any atom is -0.790 e. The van der Waals surface area contributed by atoms with Crippen LogP contribution in [0, 0.1) is 0 Å². The zero-order valence-electron chi connectivity index (χ0n) is 25.5. The zero-order valence-corrected chi connectivity index (χ0v) is 30.4. The van der Waals surface area contributed by atoms with E-state index in [0.717, 1.165) is 12.2 Å². The van der Waals surface area contributed by atoms with Gasteiger partial charge in [0.05, 0.1) is 80.5 Å². The molecule has 1 aromatic rings. The van der Waals surface area contributed by atoms with Gasteiger partial charge in [0.15, 0.2) is 0 Å². The van der Waals surface area contributed by atoms with Crippen LogP contribution >= 0.6 is 7.82 Å². The molecule has 0 unspecified atom stereocenters. The molecule has 0 aliphatic carbocycles. The smallest absolute Gasteiger partial charge is 0.790 e. The van der Waals surface area contributed by atoms with Crippen molar-refractivity contribution in [1.82, 2.24) is 0 Å². The van der Waals surface area contributed by atoms with Gasteiger partial charge in [0, 0.05) is 0 Å². The van der Waals surface area contributed by atoms with E-state index in [4.69, 9.17) is 52.8 Å². The van der Waals surface area contributed by atoms with Gasteiger partial charge in [-0.2, -0.15) is 0 Å². The van der Waals surface area contributed by atoms with Gasteiger partial charge in [-0.15, -0.1) is 0 Å². The van der Waals surface area contributed by atoms with Crippen LogP contribution in [0.1, 0.15) is 57.4 Å². The van der Waals surface area contributed by atoms with Crippen molar-refractivity contribution >= 4 is 7.82 Å². The molecule has 11 nitrogen and oxygen atoms in total. The Morgan fingerprint density at radius 1 is 0.659 bits per heavy atom. The summed E-state index contributed by atoms with van der Waals surface area (Å²) in [7, 11) is -5.14. The summed E-state index contributed by atoms with van der Waals surface area (Å²) in [5, 5.41) is 8.58. The normalized spacial score (nSPS) is 10.8. The number of aliphatic hydroxyl groups is 1. The number of ether oxygens (including phenoxy) is 6. The number of hydrogen-bond acceptors (Lipinski definition) is 10. The number of para-hydroxylation sites is 1. The van der Waals surface area contributed by atoms with Crippen molar-refractivity contribution in [3.05, 3.63) is 29.8 Å². The Labute approximate surface area is 290 Å². The molecule has 0 fully saturated rings. The Bertz CT molecular complexity index is 691. The summed E-state index contributed by atoms with van der Waals surface area (Å²) in [5.74, 6) is 0.979. The predicted octanol–water partition coefficient (Wildman–Crippen LogP) is -3.75. The zero-order chi connectivity index (χ0) is 28.9. The molecular formula is C27H49Na2O11P. The third-order valence-electron chi connectivity index (χ3n) is 5.23. The molecule has 0 heterocycles. The van der Waals surface area contributed by atoms with Gasteiger partial charge in [-0.1, -0.05) is 63.6 Å². The fourth-order valence-corrected chi connectivity index (χ4v) is 3.38. The van der Waals surface area contributed by atoms with Crippen molar-refractivity contribution in [1.29, 1.82) is 0 Å². The van der Waals surface area contributed by atoms with E-state index in [2.05, 4.69) is 25.1 Å². The van der Waals surface area contributed by atoms with Gasteiger partial charge >= 0.3 is 59.1 Å². The quantitative estimate of drug-likeness (QED) is 0.0591. The van der Waals surface area contributed by atoms with Gasteiger partial charge in [0.2, 0.25) is 0 Å². The Kier molecular flexibility index (Phi) is 40.0. The third kappa shape index (κ3) is 38.9. The number of benzene rings is 1. The number of unbranched alkanes of at least 4 members (excludes halogenated alkanes) is 6. The molecule has 0 atom stereocenters. The summed E-state index contributed by atoms with van der Waals surface area (Å²) >= 11 is 0. The van der Waals surface area contributed by atoms with Crippen LogP contribution < -0.4 is 73.6 Å². The minimum absolute atomic E-state index is 0. The molecule has 0 aliphatic heterocycles. The number of rotatable bonds is 26. The maximum Gasteiger partial charge on any atom is 1.00 e. The van der Waals surface area contributed by atoms with E-state index in [9.17, 15) is 0 Å². The molecule has 0 spiro atoms. The monoisotopic (exact) mass is 626 g/mol. The van der Waals surface area contributed by atoms with Crippen LogP contribution in [0.15, 0.2) is 24.3 Å². The first-order valence-electron chi connectivity index (χ1n) is 13.8. The Morgan fingerprint density at radius 2 is 1.05 bits per heavy atom. The second-order valence-corrected chi connectivity index (χ2v) is 9.52. The molecule has 1 aromatic carbocycles. The number of aliphatic hydroxyl groups excluding tert-OH is 1. The summed E-state index contributed by atoms with van der Waals surface area (Å²) in [6.07, 6.45) is 10.3. The van der Waals surface area contributed by atoms with Gasteiger partial charge in [-0.05, 0) is 24.5 Å². The third-order valence-corrected chi connectivity index (χ3v) is 5.23. The summed E-state index contributed by atoms with van der Waals surface area (Å²) in [5.41, 5.74) is 1.29. The SMILES string of the molecule is CCCCCCCCCc1ccccc1OCCOCCOCCOCCOCCOCCO.O=P([O-])([O-])O.[Na+].[Na+]. The maximum absolute atomic E-state index is 8.66. The molecular weight excluding hydrogens is 577 g/mol. The van der Waals surface area contributed by atoms with Crippen molar-refractivity contribution in [2.24, 2.45) is 0 Å². The summed E-state index contributed by atoms with van der Waals surface area (Å²) in [6.45, 7) is 7.92. The summed E-state index contributed by atoms with van der Waals surface area (Å²) in [4.78, 5) is 24.3. The number of phosphoric acid groups is 1. The summed E-state index contributed by atoms with van der Waals surface area (Å²) < 4.78 is 41.6. The number of aryl methyl sites for hydroxylation is 1. The van der Waals surface area contributed by atoms with E-state index in [1.54, 1.807) is 0 Å². The van der Waals surface area contributed by atoms with Gasteiger partial charge in [-0.25, -0.2) is 0 Å². The average Bonchev–Trinajstić information content (AvgIpc) is 2.89. The molecule has 14 heteroatoms. The molecule has 41 heavy (non-hydrogen) atoms.